The van der Waals surface area contributed by atoms with Gasteiger partial charge in [0, 0.05) is 23.6 Å². The third kappa shape index (κ3) is 4.15. The van der Waals surface area contributed by atoms with E-state index in [1.165, 1.54) is 11.8 Å². The molecule has 1 aliphatic rings. The van der Waals surface area contributed by atoms with Crippen LogP contribution in [0.4, 0.5) is 5.69 Å². The molecule has 0 saturated heterocycles. The molecule has 1 amide bonds. The number of hydrogen-bond acceptors (Lipinski definition) is 7. The van der Waals surface area contributed by atoms with Crippen molar-refractivity contribution >= 4 is 23.4 Å². The molecule has 1 N–H and O–H groups in total. The largest absolute Gasteiger partial charge is 0.454 e. The number of pyridine rings is 1. The number of ether oxygens (including phenoxy) is 2. The van der Waals surface area contributed by atoms with Crippen LogP contribution in [-0.4, -0.2) is 38.2 Å². The van der Waals surface area contributed by atoms with Crippen molar-refractivity contribution in [3.8, 4) is 28.7 Å². The molecule has 32 heavy (non-hydrogen) atoms. The predicted octanol–water partition coefficient (Wildman–Crippen LogP) is 4.10. The van der Waals surface area contributed by atoms with Crippen LogP contribution in [0, 0.1) is 6.92 Å². The number of nitrogens with zero attached hydrogens (tertiary/aromatic N) is 4. The van der Waals surface area contributed by atoms with Crippen molar-refractivity contribution in [1.82, 2.24) is 19.7 Å². The van der Waals surface area contributed by atoms with E-state index >= 15 is 0 Å². The minimum Gasteiger partial charge on any atom is -0.454 e. The number of amides is 1. The molecule has 2 aromatic heterocycles. The summed E-state index contributed by atoms with van der Waals surface area (Å²) >= 11 is 1.31. The maximum atomic E-state index is 12.6. The summed E-state index contributed by atoms with van der Waals surface area (Å²) in [6, 6.07) is 19.0. The van der Waals surface area contributed by atoms with Crippen LogP contribution in [0.2, 0.25) is 0 Å². The summed E-state index contributed by atoms with van der Waals surface area (Å²) in [4.78, 5) is 17.0. The van der Waals surface area contributed by atoms with Crippen LogP contribution in [0.3, 0.4) is 0 Å². The number of benzene rings is 2. The van der Waals surface area contributed by atoms with Gasteiger partial charge in [-0.25, -0.2) is 0 Å². The fraction of sp³-hybridized carbons (Fsp3) is 0.130. The standard InChI is InChI=1S/C23H19N5O3S/c1-15-5-8-17(9-6-15)28-22(18-4-2-3-11-24-18)26-27-23(28)32-13-21(29)25-16-7-10-19-20(12-16)31-14-30-19/h2-12H,13-14H2,1H3,(H,25,29). The van der Waals surface area contributed by atoms with Crippen LogP contribution < -0.4 is 14.8 Å². The second kappa shape index (κ2) is 8.72. The van der Waals surface area contributed by atoms with Crippen molar-refractivity contribution in [3.63, 3.8) is 0 Å². The summed E-state index contributed by atoms with van der Waals surface area (Å²) in [6.07, 6.45) is 1.72. The Hall–Kier alpha value is -3.85. The Morgan fingerprint density at radius 3 is 2.72 bits per heavy atom. The average Bonchev–Trinajstić information content (AvgIpc) is 3.45. The summed E-state index contributed by atoms with van der Waals surface area (Å²) in [5, 5.41) is 12.2. The zero-order chi connectivity index (χ0) is 21.9. The van der Waals surface area contributed by atoms with Crippen LogP contribution >= 0.6 is 11.8 Å². The highest BCUT2D eigenvalue weighted by molar-refractivity contribution is 7.99. The number of carbonyl (C=O) groups is 1. The molecule has 0 unspecified atom stereocenters. The number of thioether (sulfide) groups is 1. The highest BCUT2D eigenvalue weighted by Crippen LogP contribution is 2.34. The molecule has 1 aliphatic heterocycles. The van der Waals surface area contributed by atoms with Crippen LogP contribution in [0.1, 0.15) is 5.56 Å². The minimum absolute atomic E-state index is 0.160. The lowest BCUT2D eigenvalue weighted by Gasteiger charge is -2.10. The summed E-state index contributed by atoms with van der Waals surface area (Å²) in [5.74, 6) is 1.92. The van der Waals surface area contributed by atoms with Gasteiger partial charge < -0.3 is 14.8 Å². The third-order valence-electron chi connectivity index (χ3n) is 4.81. The van der Waals surface area contributed by atoms with E-state index in [9.17, 15) is 4.79 Å². The molecule has 5 rings (SSSR count). The van der Waals surface area contributed by atoms with Gasteiger partial charge in [-0.2, -0.15) is 0 Å². The van der Waals surface area contributed by atoms with Crippen molar-refractivity contribution in [1.29, 1.82) is 0 Å². The SMILES string of the molecule is Cc1ccc(-n2c(SCC(=O)Nc3ccc4c(c3)OCO4)nnc2-c2ccccn2)cc1. The average molecular weight is 446 g/mol. The first-order chi connectivity index (χ1) is 15.7. The van der Waals surface area contributed by atoms with Gasteiger partial charge in [0.1, 0.15) is 5.69 Å². The van der Waals surface area contributed by atoms with E-state index in [0.717, 1.165) is 11.3 Å². The maximum absolute atomic E-state index is 12.6. The Balaban J connectivity index is 1.37. The molecule has 0 aliphatic carbocycles. The maximum Gasteiger partial charge on any atom is 0.234 e. The fourth-order valence-electron chi connectivity index (χ4n) is 3.25. The molecular weight excluding hydrogens is 426 g/mol. The predicted molar refractivity (Wildman–Crippen MR) is 121 cm³/mol. The normalized spacial score (nSPS) is 12.0. The second-order valence-corrected chi connectivity index (χ2v) is 8.04. The number of carbonyl (C=O) groups excluding carboxylic acids is 1. The molecule has 2 aromatic carbocycles. The Morgan fingerprint density at radius 2 is 1.91 bits per heavy atom. The van der Waals surface area contributed by atoms with E-state index in [4.69, 9.17) is 9.47 Å². The monoisotopic (exact) mass is 445 g/mol. The van der Waals surface area contributed by atoms with E-state index < -0.39 is 0 Å². The summed E-state index contributed by atoms with van der Waals surface area (Å²) in [7, 11) is 0. The van der Waals surface area contributed by atoms with E-state index in [0.29, 0.717) is 33.9 Å². The number of anilines is 1. The molecule has 0 spiro atoms. The lowest BCUT2D eigenvalue weighted by atomic mass is 10.2. The highest BCUT2D eigenvalue weighted by Gasteiger charge is 2.19. The number of fused-ring (bicyclic) bond motifs is 1. The quantitative estimate of drug-likeness (QED) is 0.447. The van der Waals surface area contributed by atoms with Gasteiger partial charge in [-0.05, 0) is 43.3 Å². The first kappa shape index (κ1) is 20.1. The van der Waals surface area contributed by atoms with Gasteiger partial charge in [-0.3, -0.25) is 14.3 Å². The molecule has 0 atom stereocenters. The summed E-state index contributed by atoms with van der Waals surface area (Å²) in [6.45, 7) is 2.22. The van der Waals surface area contributed by atoms with E-state index in [-0.39, 0.29) is 18.5 Å². The van der Waals surface area contributed by atoms with Gasteiger partial charge >= 0.3 is 0 Å². The molecule has 0 saturated carbocycles. The fourth-order valence-corrected chi connectivity index (χ4v) is 4.00. The molecule has 0 bridgehead atoms. The Bertz CT molecular complexity index is 1260. The molecule has 3 heterocycles. The highest BCUT2D eigenvalue weighted by atomic mass is 32.2. The third-order valence-corrected chi connectivity index (χ3v) is 5.74. The Kier molecular flexibility index (Phi) is 5.47. The molecule has 0 radical (unpaired) electrons. The van der Waals surface area contributed by atoms with Gasteiger partial charge in [0.2, 0.25) is 12.7 Å². The van der Waals surface area contributed by atoms with Crippen LogP contribution in [0.25, 0.3) is 17.2 Å². The first-order valence-corrected chi connectivity index (χ1v) is 10.9. The lowest BCUT2D eigenvalue weighted by Crippen LogP contribution is -2.14. The van der Waals surface area contributed by atoms with Gasteiger partial charge in [-0.15, -0.1) is 10.2 Å². The van der Waals surface area contributed by atoms with Gasteiger partial charge in [-0.1, -0.05) is 35.5 Å². The number of aromatic nitrogens is 4. The Labute approximate surface area is 188 Å². The van der Waals surface area contributed by atoms with E-state index in [1.54, 1.807) is 24.4 Å². The van der Waals surface area contributed by atoms with Crippen molar-refractivity contribution in [2.45, 2.75) is 12.1 Å². The first-order valence-electron chi connectivity index (χ1n) is 9.93. The minimum atomic E-state index is -0.160. The van der Waals surface area contributed by atoms with E-state index in [2.05, 4.69) is 20.5 Å². The molecule has 0 fully saturated rings. The van der Waals surface area contributed by atoms with E-state index in [1.807, 2.05) is 54.0 Å². The number of rotatable bonds is 6. The topological polar surface area (TPSA) is 91.2 Å². The van der Waals surface area contributed by atoms with Crippen LogP contribution in [0.5, 0.6) is 11.5 Å². The molecular formula is C23H19N5O3S. The summed E-state index contributed by atoms with van der Waals surface area (Å²) < 4.78 is 12.6. The zero-order valence-corrected chi connectivity index (χ0v) is 18.0. The van der Waals surface area contributed by atoms with Crippen molar-refractivity contribution in [3.05, 3.63) is 72.4 Å². The van der Waals surface area contributed by atoms with Crippen LogP contribution in [0.15, 0.2) is 72.0 Å². The number of nitrogens with one attached hydrogen (secondary N) is 1. The summed E-state index contributed by atoms with van der Waals surface area (Å²) in [5.41, 5.74) is 3.41. The molecule has 4 aromatic rings. The number of hydrogen-bond donors (Lipinski definition) is 1. The van der Waals surface area contributed by atoms with Crippen molar-refractivity contribution in [2.24, 2.45) is 0 Å². The zero-order valence-electron chi connectivity index (χ0n) is 17.2. The van der Waals surface area contributed by atoms with Crippen LogP contribution in [-0.2, 0) is 4.79 Å². The Morgan fingerprint density at radius 1 is 1.06 bits per heavy atom. The van der Waals surface area contributed by atoms with Crippen molar-refractivity contribution in [2.75, 3.05) is 17.9 Å². The lowest BCUT2D eigenvalue weighted by molar-refractivity contribution is -0.113. The molecule has 9 heteroatoms. The van der Waals surface area contributed by atoms with Gasteiger partial charge in [0.25, 0.3) is 0 Å². The van der Waals surface area contributed by atoms with Gasteiger partial charge in [0.05, 0.1) is 5.75 Å². The molecule has 8 nitrogen and oxygen atoms in total. The molecule has 160 valence electrons. The van der Waals surface area contributed by atoms with Gasteiger partial charge in [0.15, 0.2) is 22.5 Å². The number of aryl methyl sites for hydroxylation is 1. The second-order valence-electron chi connectivity index (χ2n) is 7.10. The smallest absolute Gasteiger partial charge is 0.234 e. The van der Waals surface area contributed by atoms with Crippen molar-refractivity contribution < 1.29 is 14.3 Å².